The summed E-state index contributed by atoms with van der Waals surface area (Å²) in [6, 6.07) is 15.0. The fraction of sp³-hybridized carbons (Fsp3) is 0.436. The molecule has 2 amide bonds. The van der Waals surface area contributed by atoms with Gasteiger partial charge in [0.2, 0.25) is 23.0 Å². The SMILES string of the molecule is COc1cc2c(c(OC)c1OC)-c1ccc(NCCCCCC(=O)N3CCC(c4nc5ccccc5[nH]4)CC3)c(=O)cc1C(NC(C)=O)CC2. The van der Waals surface area contributed by atoms with E-state index < -0.39 is 0 Å². The van der Waals surface area contributed by atoms with Crippen LogP contribution >= 0.6 is 0 Å². The molecule has 11 heteroatoms. The minimum absolute atomic E-state index is 0.161. The zero-order valence-corrected chi connectivity index (χ0v) is 29.4. The maximum absolute atomic E-state index is 13.6. The van der Waals surface area contributed by atoms with Crippen LogP contribution in [0.1, 0.15) is 80.8 Å². The van der Waals surface area contributed by atoms with Crippen LogP contribution in [0.5, 0.6) is 17.2 Å². The molecule has 50 heavy (non-hydrogen) atoms. The molecule has 2 heterocycles. The highest BCUT2D eigenvalue weighted by molar-refractivity contribution is 5.84. The smallest absolute Gasteiger partial charge is 0.222 e. The molecule has 0 saturated carbocycles. The number of benzene rings is 2. The summed E-state index contributed by atoms with van der Waals surface area (Å²) in [6.45, 7) is 3.59. The Labute approximate surface area is 292 Å². The minimum Gasteiger partial charge on any atom is -0.493 e. The molecular formula is C39H47N5O6. The molecule has 6 rings (SSSR count). The zero-order chi connectivity index (χ0) is 35.2. The Hall–Kier alpha value is -5.06. The van der Waals surface area contributed by atoms with Crippen LogP contribution in [0.25, 0.3) is 22.2 Å². The molecule has 1 aliphatic heterocycles. The van der Waals surface area contributed by atoms with E-state index in [2.05, 4.69) is 15.6 Å². The van der Waals surface area contributed by atoms with Crippen LogP contribution < -0.4 is 30.3 Å². The van der Waals surface area contributed by atoms with Crippen molar-refractivity contribution in [1.82, 2.24) is 20.2 Å². The number of imidazole rings is 1. The average molecular weight is 682 g/mol. The highest BCUT2D eigenvalue weighted by Gasteiger charge is 2.30. The molecule has 1 aliphatic carbocycles. The van der Waals surface area contributed by atoms with Gasteiger partial charge in [-0.3, -0.25) is 14.4 Å². The Balaban J connectivity index is 1.06. The van der Waals surface area contributed by atoms with Crippen LogP contribution in [0.15, 0.2) is 53.3 Å². The van der Waals surface area contributed by atoms with Crippen LogP contribution in [0.4, 0.5) is 5.69 Å². The Morgan fingerprint density at radius 1 is 0.940 bits per heavy atom. The first kappa shape index (κ1) is 34.8. The third kappa shape index (κ3) is 7.41. The maximum Gasteiger partial charge on any atom is 0.222 e. The summed E-state index contributed by atoms with van der Waals surface area (Å²) < 4.78 is 17.2. The number of likely N-dealkylation sites (tertiary alicyclic amines) is 1. The van der Waals surface area contributed by atoms with Crippen molar-refractivity contribution in [2.75, 3.05) is 46.3 Å². The summed E-state index contributed by atoms with van der Waals surface area (Å²) in [6.07, 6.45) is 6.07. The first-order valence-electron chi connectivity index (χ1n) is 17.5. The lowest BCUT2D eigenvalue weighted by atomic mass is 9.95. The largest absolute Gasteiger partial charge is 0.493 e. The molecule has 1 unspecified atom stereocenters. The number of nitrogens with zero attached hydrogens (tertiary/aromatic N) is 2. The standard InChI is InChI=1S/C39H47N5O6/c1-24(45)41-29-15-13-26-22-34(48-2)37(49-3)38(50-4)36(26)27-14-16-32(33(46)23-28(27)29)40-19-9-5-6-12-35(47)44-20-17-25(18-21-44)39-42-30-10-7-8-11-31(30)43-39/h7-8,10-11,14,16,22-23,25,29H,5-6,9,12-13,15,17-21H2,1-4H3,(H,40,46)(H,41,45)(H,42,43). The van der Waals surface area contributed by atoms with Crippen molar-refractivity contribution in [2.45, 2.75) is 70.3 Å². The molecule has 1 saturated heterocycles. The van der Waals surface area contributed by atoms with Gasteiger partial charge in [0.1, 0.15) is 5.82 Å². The lowest BCUT2D eigenvalue weighted by Crippen LogP contribution is -2.38. The minimum atomic E-state index is -0.363. The maximum atomic E-state index is 13.6. The van der Waals surface area contributed by atoms with Gasteiger partial charge in [-0.1, -0.05) is 24.6 Å². The number of amides is 2. The summed E-state index contributed by atoms with van der Waals surface area (Å²) in [5, 5.41) is 6.37. The number of H-pyrrole nitrogens is 1. The van der Waals surface area contributed by atoms with Crippen molar-refractivity contribution in [3.63, 3.8) is 0 Å². The number of aryl methyl sites for hydroxylation is 1. The molecular weight excluding hydrogens is 634 g/mol. The second-order valence-electron chi connectivity index (χ2n) is 13.1. The van der Waals surface area contributed by atoms with Crippen LogP contribution in [0.3, 0.4) is 0 Å². The second-order valence-corrected chi connectivity index (χ2v) is 13.1. The van der Waals surface area contributed by atoms with E-state index >= 15 is 0 Å². The Bertz CT molecular complexity index is 1880. The van der Waals surface area contributed by atoms with E-state index in [1.54, 1.807) is 33.5 Å². The molecule has 264 valence electrons. The van der Waals surface area contributed by atoms with Crippen LogP contribution in [-0.4, -0.2) is 67.6 Å². The van der Waals surface area contributed by atoms with E-state index in [0.717, 1.165) is 84.3 Å². The third-order valence-corrected chi connectivity index (χ3v) is 9.94. The zero-order valence-electron chi connectivity index (χ0n) is 29.4. The second kappa shape index (κ2) is 15.7. The number of piperidine rings is 1. The monoisotopic (exact) mass is 681 g/mol. The summed E-state index contributed by atoms with van der Waals surface area (Å²) >= 11 is 0. The Morgan fingerprint density at radius 2 is 1.72 bits per heavy atom. The third-order valence-electron chi connectivity index (χ3n) is 9.94. The lowest BCUT2D eigenvalue weighted by molar-refractivity contribution is -0.132. The number of methoxy groups -OCH3 is 3. The quantitative estimate of drug-likeness (QED) is 0.152. The predicted octanol–water partition coefficient (Wildman–Crippen LogP) is 6.12. The number of ether oxygens (including phenoxy) is 3. The average Bonchev–Trinajstić information content (AvgIpc) is 3.43. The number of para-hydroxylation sites is 2. The molecule has 2 aliphatic rings. The Kier molecular flexibility index (Phi) is 10.9. The number of aromatic nitrogens is 2. The molecule has 1 fully saturated rings. The van der Waals surface area contributed by atoms with Gasteiger partial charge < -0.3 is 34.7 Å². The van der Waals surface area contributed by atoms with Crippen molar-refractivity contribution in [2.24, 2.45) is 0 Å². The van der Waals surface area contributed by atoms with Gasteiger partial charge in [0.05, 0.1) is 44.1 Å². The normalized spacial score (nSPS) is 15.8. The van der Waals surface area contributed by atoms with Gasteiger partial charge in [0.15, 0.2) is 11.5 Å². The summed E-state index contributed by atoms with van der Waals surface area (Å²) in [4.78, 5) is 49.0. The van der Waals surface area contributed by atoms with E-state index in [4.69, 9.17) is 19.2 Å². The number of carbonyl (C=O) groups is 2. The van der Waals surface area contributed by atoms with Crippen LogP contribution in [0, 0.1) is 0 Å². The Morgan fingerprint density at radius 3 is 2.44 bits per heavy atom. The van der Waals surface area contributed by atoms with Gasteiger partial charge >= 0.3 is 0 Å². The van der Waals surface area contributed by atoms with Gasteiger partial charge in [-0.15, -0.1) is 0 Å². The first-order chi connectivity index (χ1) is 24.3. The summed E-state index contributed by atoms with van der Waals surface area (Å²) in [7, 11) is 4.74. The molecule has 0 radical (unpaired) electrons. The van der Waals surface area contributed by atoms with Gasteiger partial charge in [-0.05, 0) is 85.5 Å². The van der Waals surface area contributed by atoms with E-state index in [9.17, 15) is 14.4 Å². The van der Waals surface area contributed by atoms with E-state index in [-0.39, 0.29) is 23.3 Å². The lowest BCUT2D eigenvalue weighted by Gasteiger charge is -2.31. The number of aromatic amines is 1. The molecule has 0 spiro atoms. The molecule has 3 N–H and O–H groups in total. The molecule has 3 aromatic carbocycles. The van der Waals surface area contributed by atoms with Gasteiger partial charge in [-0.2, -0.15) is 0 Å². The molecule has 4 aromatic rings. The fourth-order valence-electron chi connectivity index (χ4n) is 7.38. The number of rotatable bonds is 12. The highest BCUT2D eigenvalue weighted by atomic mass is 16.5. The van der Waals surface area contributed by atoms with Crippen molar-refractivity contribution in [1.29, 1.82) is 0 Å². The summed E-state index contributed by atoms with van der Waals surface area (Å²) in [5.74, 6) is 2.95. The number of nitrogens with one attached hydrogen (secondary N) is 3. The van der Waals surface area contributed by atoms with Gasteiger partial charge in [0.25, 0.3) is 0 Å². The molecule has 1 aromatic heterocycles. The summed E-state index contributed by atoms with van der Waals surface area (Å²) in [5.41, 5.74) is 5.67. The van der Waals surface area contributed by atoms with Gasteiger partial charge in [0, 0.05) is 44.5 Å². The number of anilines is 1. The van der Waals surface area contributed by atoms with Crippen molar-refractivity contribution >= 4 is 28.5 Å². The van der Waals surface area contributed by atoms with Gasteiger partial charge in [-0.25, -0.2) is 4.98 Å². The number of fused-ring (bicyclic) bond motifs is 4. The van der Waals surface area contributed by atoms with Crippen molar-refractivity contribution in [3.8, 4) is 28.4 Å². The van der Waals surface area contributed by atoms with Crippen LogP contribution in [0.2, 0.25) is 0 Å². The van der Waals surface area contributed by atoms with E-state index in [1.165, 1.54) is 6.92 Å². The number of unbranched alkanes of at least 4 members (excludes halogenated alkanes) is 2. The van der Waals surface area contributed by atoms with E-state index in [1.807, 2.05) is 41.3 Å². The molecule has 11 nitrogen and oxygen atoms in total. The molecule has 0 bridgehead atoms. The van der Waals surface area contributed by atoms with Crippen molar-refractivity contribution < 1.29 is 23.8 Å². The van der Waals surface area contributed by atoms with Crippen molar-refractivity contribution in [3.05, 3.63) is 75.7 Å². The fourth-order valence-corrected chi connectivity index (χ4v) is 7.38. The molecule has 1 atom stereocenters. The predicted molar refractivity (Wildman–Crippen MR) is 194 cm³/mol. The number of carbonyl (C=O) groups excluding carboxylic acids is 2. The topological polar surface area (TPSA) is 135 Å². The first-order valence-corrected chi connectivity index (χ1v) is 17.5. The highest BCUT2D eigenvalue weighted by Crippen LogP contribution is 2.50. The number of hydrogen-bond acceptors (Lipinski definition) is 8. The number of hydrogen-bond donors (Lipinski definition) is 3. The van der Waals surface area contributed by atoms with E-state index in [0.29, 0.717) is 54.7 Å². The van der Waals surface area contributed by atoms with Crippen LogP contribution in [-0.2, 0) is 16.0 Å².